The molecule has 2 aromatic rings. The Kier molecular flexibility index (Phi) is 5.35. The van der Waals surface area contributed by atoms with Crippen molar-refractivity contribution < 1.29 is 14.0 Å². The van der Waals surface area contributed by atoms with Gasteiger partial charge in [0.25, 0.3) is 11.8 Å². The molecule has 1 aromatic heterocycles. The number of allylic oxidation sites excluding steroid dienone is 1. The number of halogens is 1. The summed E-state index contributed by atoms with van der Waals surface area (Å²) in [6.45, 7) is 8.66. The zero-order valence-electron chi connectivity index (χ0n) is 18.4. The highest BCUT2D eigenvalue weighted by atomic mass is 19.1. The predicted molar refractivity (Wildman–Crippen MR) is 122 cm³/mol. The van der Waals surface area contributed by atoms with Crippen LogP contribution >= 0.6 is 0 Å². The van der Waals surface area contributed by atoms with Crippen LogP contribution < -0.4 is 16.0 Å². The van der Waals surface area contributed by atoms with Crippen LogP contribution in [0.1, 0.15) is 46.2 Å². The van der Waals surface area contributed by atoms with Crippen molar-refractivity contribution in [3.8, 4) is 0 Å². The van der Waals surface area contributed by atoms with Crippen molar-refractivity contribution in [2.24, 2.45) is 0 Å². The van der Waals surface area contributed by atoms with E-state index in [1.54, 1.807) is 6.07 Å². The molecule has 1 saturated heterocycles. The zero-order chi connectivity index (χ0) is 22.4. The van der Waals surface area contributed by atoms with Gasteiger partial charge in [0.1, 0.15) is 5.82 Å². The Morgan fingerprint density at radius 1 is 1.25 bits per heavy atom. The maximum atomic E-state index is 13.9. The van der Waals surface area contributed by atoms with Crippen LogP contribution in [0, 0.1) is 12.7 Å². The number of fused-ring (bicyclic) bond motifs is 2. The van der Waals surface area contributed by atoms with E-state index in [1.165, 1.54) is 12.1 Å². The topological polar surface area (TPSA) is 89.3 Å². The Morgan fingerprint density at radius 2 is 2.03 bits per heavy atom. The molecule has 4 N–H and O–H groups in total. The maximum absolute atomic E-state index is 13.9. The van der Waals surface area contributed by atoms with E-state index >= 15 is 0 Å². The molecule has 0 radical (unpaired) electrons. The molecular formula is C24H28FN5O2. The van der Waals surface area contributed by atoms with Crippen molar-refractivity contribution in [3.63, 3.8) is 0 Å². The molecular weight excluding hydrogens is 409 g/mol. The summed E-state index contributed by atoms with van der Waals surface area (Å²) in [5.74, 6) is -0.690. The van der Waals surface area contributed by atoms with E-state index < -0.39 is 0 Å². The summed E-state index contributed by atoms with van der Waals surface area (Å²) in [5, 5.41) is 9.32. The number of piperazine rings is 1. The van der Waals surface area contributed by atoms with Crippen LogP contribution in [0.2, 0.25) is 0 Å². The Labute approximate surface area is 186 Å². The lowest BCUT2D eigenvalue weighted by Crippen LogP contribution is -2.49. The highest BCUT2D eigenvalue weighted by Crippen LogP contribution is 2.44. The molecule has 32 heavy (non-hydrogen) atoms. The van der Waals surface area contributed by atoms with E-state index in [9.17, 15) is 14.0 Å². The van der Waals surface area contributed by atoms with Gasteiger partial charge in [-0.25, -0.2) is 4.39 Å². The Morgan fingerprint density at radius 3 is 2.81 bits per heavy atom. The van der Waals surface area contributed by atoms with E-state index in [0.29, 0.717) is 35.2 Å². The van der Waals surface area contributed by atoms with Crippen molar-refractivity contribution >= 4 is 28.6 Å². The van der Waals surface area contributed by atoms with Crippen LogP contribution in [0.25, 0.3) is 11.1 Å². The number of H-pyrrole nitrogens is 1. The number of aryl methyl sites for hydroxylation is 1. The summed E-state index contributed by atoms with van der Waals surface area (Å²) in [6.07, 6.45) is 1.31. The quantitative estimate of drug-likeness (QED) is 0.553. The SMILES string of the molecule is Cc1[nH]c2c(c1C(=O)NC(C)CN1CCNCC1)CC/C2=C1/C(=O)Nc2ccc(F)cc21. The second-order valence-corrected chi connectivity index (χ2v) is 8.90. The molecule has 2 aliphatic heterocycles. The van der Waals surface area contributed by atoms with Gasteiger partial charge in [-0.05, 0) is 56.0 Å². The molecule has 3 aliphatic rings. The second-order valence-electron chi connectivity index (χ2n) is 8.90. The molecule has 1 unspecified atom stereocenters. The molecule has 0 bridgehead atoms. The molecule has 168 valence electrons. The Bertz CT molecular complexity index is 1130. The van der Waals surface area contributed by atoms with E-state index in [0.717, 1.165) is 55.2 Å². The van der Waals surface area contributed by atoms with Crippen LogP contribution in [0.3, 0.4) is 0 Å². The Hall–Kier alpha value is -2.97. The molecule has 2 amide bonds. The third-order valence-corrected chi connectivity index (χ3v) is 6.59. The number of benzene rings is 1. The third kappa shape index (κ3) is 3.63. The first-order valence-electron chi connectivity index (χ1n) is 11.2. The lowest BCUT2D eigenvalue weighted by atomic mass is 9.99. The van der Waals surface area contributed by atoms with Gasteiger partial charge in [0.2, 0.25) is 0 Å². The lowest BCUT2D eigenvalue weighted by Gasteiger charge is -2.29. The number of carbonyl (C=O) groups excluding carboxylic acids is 2. The predicted octanol–water partition coefficient (Wildman–Crippen LogP) is 2.29. The largest absolute Gasteiger partial charge is 0.358 e. The number of carbonyl (C=O) groups is 2. The monoisotopic (exact) mass is 437 g/mol. The molecule has 1 aliphatic carbocycles. The van der Waals surface area contributed by atoms with Gasteiger partial charge >= 0.3 is 0 Å². The number of rotatable bonds is 4. The van der Waals surface area contributed by atoms with Crippen LogP contribution in [0.15, 0.2) is 18.2 Å². The number of nitrogens with one attached hydrogen (secondary N) is 4. The first-order valence-corrected chi connectivity index (χ1v) is 11.2. The van der Waals surface area contributed by atoms with E-state index in [2.05, 4.69) is 25.8 Å². The standard InChI is InChI=1S/C24H28FN5O2/c1-13(12-30-9-7-26-8-10-30)27-23(31)20-14(2)28-22-16(20)4-5-17(22)21-18-11-15(25)3-6-19(18)29-24(21)32/h3,6,11,13,26,28H,4-5,7-10,12H2,1-2H3,(H,27,31)(H,29,32)/b21-17-. The van der Waals surface area contributed by atoms with Crippen LogP contribution in [-0.4, -0.2) is 60.5 Å². The van der Waals surface area contributed by atoms with Gasteiger partial charge in [-0.2, -0.15) is 0 Å². The van der Waals surface area contributed by atoms with Gasteiger partial charge in [-0.15, -0.1) is 0 Å². The molecule has 8 heteroatoms. The fourth-order valence-corrected chi connectivity index (χ4v) is 5.18. The zero-order valence-corrected chi connectivity index (χ0v) is 18.4. The van der Waals surface area contributed by atoms with Crippen LogP contribution in [0.4, 0.5) is 10.1 Å². The summed E-state index contributed by atoms with van der Waals surface area (Å²) in [6, 6.07) is 4.36. The highest BCUT2D eigenvalue weighted by Gasteiger charge is 2.34. The number of hydrogen-bond acceptors (Lipinski definition) is 4. The molecule has 3 heterocycles. The number of amides is 2. The summed E-state index contributed by atoms with van der Waals surface area (Å²) in [5.41, 5.74) is 5.77. The number of aromatic nitrogens is 1. The second kappa shape index (κ2) is 8.18. The van der Waals surface area contributed by atoms with E-state index in [-0.39, 0.29) is 23.7 Å². The molecule has 5 rings (SSSR count). The first-order chi connectivity index (χ1) is 15.4. The minimum Gasteiger partial charge on any atom is -0.358 e. The number of anilines is 1. The van der Waals surface area contributed by atoms with Gasteiger partial charge in [0.05, 0.1) is 11.1 Å². The van der Waals surface area contributed by atoms with Crippen molar-refractivity contribution in [3.05, 3.63) is 52.1 Å². The molecule has 0 saturated carbocycles. The minimum atomic E-state index is -0.377. The average Bonchev–Trinajstić information content (AvgIpc) is 3.38. The Balaban J connectivity index is 1.42. The van der Waals surface area contributed by atoms with E-state index in [1.807, 2.05) is 13.8 Å². The van der Waals surface area contributed by atoms with Gasteiger partial charge in [0, 0.05) is 61.4 Å². The van der Waals surface area contributed by atoms with Gasteiger partial charge < -0.3 is 20.9 Å². The van der Waals surface area contributed by atoms with Gasteiger partial charge in [-0.1, -0.05) is 0 Å². The summed E-state index contributed by atoms with van der Waals surface area (Å²) < 4.78 is 13.9. The minimum absolute atomic E-state index is 0.0280. The van der Waals surface area contributed by atoms with E-state index in [4.69, 9.17) is 0 Å². The van der Waals surface area contributed by atoms with Gasteiger partial charge in [-0.3, -0.25) is 14.5 Å². The molecule has 1 fully saturated rings. The lowest BCUT2D eigenvalue weighted by molar-refractivity contribution is -0.110. The molecule has 1 aromatic carbocycles. The first kappa shape index (κ1) is 20.9. The normalized spacial score (nSPS) is 21.3. The van der Waals surface area contributed by atoms with Crippen molar-refractivity contribution in [2.45, 2.75) is 32.7 Å². The third-order valence-electron chi connectivity index (χ3n) is 6.59. The summed E-state index contributed by atoms with van der Waals surface area (Å²) >= 11 is 0. The molecule has 1 atom stereocenters. The molecule has 7 nitrogen and oxygen atoms in total. The fourth-order valence-electron chi connectivity index (χ4n) is 5.18. The van der Waals surface area contributed by atoms with Crippen molar-refractivity contribution in [2.75, 3.05) is 38.0 Å². The number of nitrogens with zero attached hydrogens (tertiary/aromatic N) is 1. The fraction of sp³-hybridized carbons (Fsp3) is 0.417. The van der Waals surface area contributed by atoms with Crippen molar-refractivity contribution in [1.82, 2.24) is 20.5 Å². The summed E-state index contributed by atoms with van der Waals surface area (Å²) in [7, 11) is 0. The van der Waals surface area contributed by atoms with Crippen molar-refractivity contribution in [1.29, 1.82) is 0 Å². The van der Waals surface area contributed by atoms with Crippen LogP contribution in [0.5, 0.6) is 0 Å². The van der Waals surface area contributed by atoms with Crippen LogP contribution in [-0.2, 0) is 11.2 Å². The smallest absolute Gasteiger partial charge is 0.256 e. The maximum Gasteiger partial charge on any atom is 0.256 e. The van der Waals surface area contributed by atoms with Gasteiger partial charge in [0.15, 0.2) is 0 Å². The molecule has 0 spiro atoms. The number of aromatic amines is 1. The average molecular weight is 438 g/mol. The highest BCUT2D eigenvalue weighted by molar-refractivity contribution is 6.37. The number of hydrogen-bond donors (Lipinski definition) is 4. The summed E-state index contributed by atoms with van der Waals surface area (Å²) in [4.78, 5) is 31.6.